The highest BCUT2D eigenvalue weighted by Crippen LogP contribution is 2.32. The number of nitrogens with one attached hydrogen (secondary N) is 1. The molecule has 0 aliphatic rings. The Hall–Kier alpha value is -5.03. The maximum atomic E-state index is 12.8. The lowest BCUT2D eigenvalue weighted by Crippen LogP contribution is -2.23. The van der Waals surface area contributed by atoms with E-state index in [1.54, 1.807) is 47.7 Å². The summed E-state index contributed by atoms with van der Waals surface area (Å²) < 4.78 is 7.89. The maximum absolute atomic E-state index is 12.8. The Morgan fingerprint density at radius 1 is 1.09 bits per heavy atom. The molecule has 0 spiro atoms. The number of carbonyl (C=O) groups excluding carboxylic acids is 1. The Morgan fingerprint density at radius 3 is 2.74 bits per heavy atom. The van der Waals surface area contributed by atoms with E-state index < -0.39 is 0 Å². The van der Waals surface area contributed by atoms with Crippen LogP contribution in [0.25, 0.3) is 21.4 Å². The molecule has 8 heteroatoms. The minimum Gasteiger partial charge on any atom is -0.456 e. The third kappa shape index (κ3) is 4.56. The van der Waals surface area contributed by atoms with Crippen molar-refractivity contribution in [2.45, 2.75) is 13.5 Å². The van der Waals surface area contributed by atoms with Crippen LogP contribution in [-0.2, 0) is 6.54 Å². The van der Waals surface area contributed by atoms with Gasteiger partial charge in [-0.1, -0.05) is 6.07 Å². The van der Waals surface area contributed by atoms with Crippen LogP contribution in [0.2, 0.25) is 0 Å². The molecule has 2 aromatic carbocycles. The van der Waals surface area contributed by atoms with E-state index in [4.69, 9.17) is 11.3 Å². The van der Waals surface area contributed by atoms with Gasteiger partial charge in [0.15, 0.2) is 0 Å². The van der Waals surface area contributed by atoms with Crippen molar-refractivity contribution in [2.24, 2.45) is 0 Å². The van der Waals surface area contributed by atoms with E-state index in [0.717, 1.165) is 27.7 Å². The SMILES string of the molecule is [C-]#[N+]c1cnn(-c2ccc3c(Oc4cccc(C(=O)NCc5ccncc5)c4C)ccnc3c2)c1. The number of pyridine rings is 2. The van der Waals surface area contributed by atoms with Gasteiger partial charge in [0.2, 0.25) is 5.69 Å². The summed E-state index contributed by atoms with van der Waals surface area (Å²) in [6.07, 6.45) is 8.26. The molecule has 3 heterocycles. The summed E-state index contributed by atoms with van der Waals surface area (Å²) in [4.78, 5) is 24.7. The van der Waals surface area contributed by atoms with Gasteiger partial charge in [0.1, 0.15) is 11.5 Å². The molecule has 0 aliphatic heterocycles. The number of hydrogen-bond donors (Lipinski definition) is 1. The summed E-state index contributed by atoms with van der Waals surface area (Å²) >= 11 is 0. The average Bonchev–Trinajstić information content (AvgIpc) is 3.38. The lowest BCUT2D eigenvalue weighted by Gasteiger charge is -2.14. The molecule has 35 heavy (non-hydrogen) atoms. The lowest BCUT2D eigenvalue weighted by atomic mass is 10.1. The van der Waals surface area contributed by atoms with Gasteiger partial charge in [0.05, 0.1) is 24.0 Å². The minimum absolute atomic E-state index is 0.174. The predicted molar refractivity (Wildman–Crippen MR) is 132 cm³/mol. The molecule has 1 amide bonds. The molecule has 0 saturated carbocycles. The number of benzene rings is 2. The first-order chi connectivity index (χ1) is 17.1. The quantitative estimate of drug-likeness (QED) is 0.343. The second kappa shape index (κ2) is 9.45. The first-order valence-electron chi connectivity index (χ1n) is 10.9. The predicted octanol–water partition coefficient (Wildman–Crippen LogP) is 5.40. The standard InChI is InChI=1S/C27H20N6O2/c1-18-22(27(34)31-15-19-8-11-29-12-9-19)4-3-5-25(18)35-26-10-13-30-24-14-21(6-7-23(24)26)33-17-20(28-2)16-32-33/h3-14,16-17H,15H2,1H3,(H,31,34). The van der Waals surface area contributed by atoms with Crippen LogP contribution in [-0.4, -0.2) is 25.7 Å². The number of fused-ring (bicyclic) bond motifs is 1. The van der Waals surface area contributed by atoms with Crippen LogP contribution in [0.5, 0.6) is 11.5 Å². The van der Waals surface area contributed by atoms with Crippen molar-refractivity contribution >= 4 is 22.5 Å². The molecule has 5 rings (SSSR count). The fourth-order valence-electron chi connectivity index (χ4n) is 3.72. The van der Waals surface area contributed by atoms with E-state index in [1.165, 1.54) is 6.20 Å². The van der Waals surface area contributed by atoms with Crippen LogP contribution in [0.1, 0.15) is 21.5 Å². The Labute approximate surface area is 201 Å². The van der Waals surface area contributed by atoms with Crippen molar-refractivity contribution in [3.63, 3.8) is 0 Å². The monoisotopic (exact) mass is 460 g/mol. The first kappa shape index (κ1) is 21.8. The Morgan fingerprint density at radius 2 is 1.94 bits per heavy atom. The minimum atomic E-state index is -0.174. The fourth-order valence-corrected chi connectivity index (χ4v) is 3.72. The molecule has 0 unspecified atom stereocenters. The van der Waals surface area contributed by atoms with Crippen molar-refractivity contribution in [3.05, 3.63) is 114 Å². The molecule has 0 bridgehead atoms. The van der Waals surface area contributed by atoms with E-state index in [0.29, 0.717) is 29.3 Å². The summed E-state index contributed by atoms with van der Waals surface area (Å²) in [6.45, 7) is 9.40. The average molecular weight is 460 g/mol. The molecule has 3 aromatic heterocycles. The van der Waals surface area contributed by atoms with Crippen molar-refractivity contribution in [3.8, 4) is 17.2 Å². The van der Waals surface area contributed by atoms with Gasteiger partial charge in [-0.15, -0.1) is 0 Å². The highest BCUT2D eigenvalue weighted by molar-refractivity contribution is 5.96. The number of hydrogen-bond acceptors (Lipinski definition) is 5. The van der Waals surface area contributed by atoms with Gasteiger partial charge in [-0.05, 0) is 61.0 Å². The van der Waals surface area contributed by atoms with E-state index in [2.05, 4.69) is 25.2 Å². The molecule has 0 fully saturated rings. The van der Waals surface area contributed by atoms with Crippen molar-refractivity contribution in [1.29, 1.82) is 0 Å². The smallest absolute Gasteiger partial charge is 0.251 e. The number of ether oxygens (including phenoxy) is 1. The van der Waals surface area contributed by atoms with Gasteiger partial charge in [-0.25, -0.2) is 4.85 Å². The number of carbonyl (C=O) groups is 1. The molecule has 0 saturated heterocycles. The summed E-state index contributed by atoms with van der Waals surface area (Å²) in [5.74, 6) is 1.04. The van der Waals surface area contributed by atoms with Crippen LogP contribution in [0.3, 0.4) is 0 Å². The van der Waals surface area contributed by atoms with E-state index in [9.17, 15) is 4.79 Å². The molecule has 8 nitrogen and oxygen atoms in total. The normalized spacial score (nSPS) is 10.6. The molecular formula is C27H20N6O2. The summed E-state index contributed by atoms with van der Waals surface area (Å²) in [5.41, 5.74) is 4.25. The van der Waals surface area contributed by atoms with Crippen LogP contribution in [0.4, 0.5) is 5.69 Å². The van der Waals surface area contributed by atoms with Gasteiger partial charge >= 0.3 is 0 Å². The molecule has 5 aromatic rings. The van der Waals surface area contributed by atoms with Crippen LogP contribution in [0.15, 0.2) is 85.6 Å². The van der Waals surface area contributed by atoms with Crippen molar-refractivity contribution in [2.75, 3.05) is 0 Å². The topological polar surface area (TPSA) is 86.3 Å². The number of amides is 1. The Bertz CT molecular complexity index is 1570. The highest BCUT2D eigenvalue weighted by atomic mass is 16.5. The van der Waals surface area contributed by atoms with Gasteiger partial charge in [-0.2, -0.15) is 5.10 Å². The van der Waals surface area contributed by atoms with Crippen LogP contribution < -0.4 is 10.1 Å². The Balaban J connectivity index is 1.39. The molecule has 0 radical (unpaired) electrons. The van der Waals surface area contributed by atoms with Gasteiger partial charge in [-0.3, -0.25) is 19.4 Å². The van der Waals surface area contributed by atoms with E-state index in [-0.39, 0.29) is 5.91 Å². The summed E-state index contributed by atoms with van der Waals surface area (Å²) in [6, 6.07) is 16.6. The highest BCUT2D eigenvalue weighted by Gasteiger charge is 2.14. The summed E-state index contributed by atoms with van der Waals surface area (Å²) in [7, 11) is 0. The third-order valence-corrected chi connectivity index (χ3v) is 5.60. The molecule has 1 N–H and O–H groups in total. The molecule has 0 aliphatic carbocycles. The van der Waals surface area contributed by atoms with E-state index >= 15 is 0 Å². The van der Waals surface area contributed by atoms with Crippen LogP contribution >= 0.6 is 0 Å². The fraction of sp³-hybridized carbons (Fsp3) is 0.0741. The maximum Gasteiger partial charge on any atom is 0.251 e. The molecule has 170 valence electrons. The number of nitrogens with zero attached hydrogens (tertiary/aromatic N) is 5. The molecule has 0 atom stereocenters. The zero-order valence-electron chi connectivity index (χ0n) is 18.8. The largest absolute Gasteiger partial charge is 0.456 e. The summed E-state index contributed by atoms with van der Waals surface area (Å²) in [5, 5.41) is 8.00. The van der Waals surface area contributed by atoms with Gasteiger partial charge in [0, 0.05) is 47.8 Å². The van der Waals surface area contributed by atoms with Crippen molar-refractivity contribution in [1.82, 2.24) is 25.1 Å². The lowest BCUT2D eigenvalue weighted by molar-refractivity contribution is 0.0950. The Kier molecular flexibility index (Phi) is 5.89. The van der Waals surface area contributed by atoms with E-state index in [1.807, 2.05) is 43.3 Å². The third-order valence-electron chi connectivity index (χ3n) is 5.60. The van der Waals surface area contributed by atoms with Crippen molar-refractivity contribution < 1.29 is 9.53 Å². The van der Waals surface area contributed by atoms with Crippen LogP contribution in [0, 0.1) is 13.5 Å². The number of rotatable bonds is 6. The van der Waals surface area contributed by atoms with Gasteiger partial charge in [0.25, 0.3) is 5.91 Å². The first-order valence-corrected chi connectivity index (χ1v) is 10.9. The zero-order valence-corrected chi connectivity index (χ0v) is 18.8. The second-order valence-electron chi connectivity index (χ2n) is 7.83. The number of aromatic nitrogens is 4. The van der Waals surface area contributed by atoms with Gasteiger partial charge < -0.3 is 10.1 Å². The zero-order chi connectivity index (χ0) is 24.2. The molecular weight excluding hydrogens is 440 g/mol. The second-order valence-corrected chi connectivity index (χ2v) is 7.83.